The Kier molecular flexibility index (Phi) is 8.89. The Bertz CT molecular complexity index is 143. The molecule has 0 amide bonds. The van der Waals surface area contributed by atoms with Gasteiger partial charge in [-0.3, -0.25) is 0 Å². The summed E-state index contributed by atoms with van der Waals surface area (Å²) in [4.78, 5) is 0. The van der Waals surface area contributed by atoms with Crippen molar-refractivity contribution in [3.63, 3.8) is 0 Å². The van der Waals surface area contributed by atoms with Gasteiger partial charge in [0.2, 0.25) is 0 Å². The maximum absolute atomic E-state index is 8.72. The van der Waals surface area contributed by atoms with E-state index in [1.54, 1.807) is 5.92 Å². The second-order valence-corrected chi connectivity index (χ2v) is 4.78. The fraction of sp³-hybridized carbons (Fsp3) is 0.846. The van der Waals surface area contributed by atoms with Crippen LogP contribution in [0.5, 0.6) is 0 Å². The Balaban J connectivity index is 0.000000253. The summed E-state index contributed by atoms with van der Waals surface area (Å²) >= 11 is 0. The van der Waals surface area contributed by atoms with E-state index in [0.717, 1.165) is 0 Å². The monoisotopic (exact) mass is 252 g/mol. The van der Waals surface area contributed by atoms with Crippen LogP contribution in [0.15, 0.2) is 0 Å². The van der Waals surface area contributed by atoms with Crippen molar-refractivity contribution < 1.29 is 22.2 Å². The average Bonchev–Trinajstić information content (AvgIpc) is 2.77. The molecule has 0 saturated heterocycles. The van der Waals surface area contributed by atoms with Gasteiger partial charge in [0.1, 0.15) is 0 Å². The minimum atomic E-state index is 0. The zero-order valence-corrected chi connectivity index (χ0v) is 11.1. The summed E-state index contributed by atoms with van der Waals surface area (Å²) in [5.74, 6) is 3.73. The fourth-order valence-electron chi connectivity index (χ4n) is 2.30. The van der Waals surface area contributed by atoms with Crippen LogP contribution in [0.1, 0.15) is 58.8 Å². The molecule has 1 N–H and O–H groups in total. The first-order chi connectivity index (χ1) is 6.74. The Labute approximate surface area is 106 Å². The molecule has 2 aliphatic carbocycles. The van der Waals surface area contributed by atoms with Crippen molar-refractivity contribution in [2.45, 2.75) is 58.8 Å². The van der Waals surface area contributed by atoms with Gasteiger partial charge < -0.3 is 16.9 Å². The van der Waals surface area contributed by atoms with Crippen LogP contribution >= 0.6 is 0 Å². The van der Waals surface area contributed by atoms with Crippen LogP contribution in [0.25, 0.3) is 0 Å². The number of hydrogen-bond acceptors (Lipinski definition) is 1. The van der Waals surface area contributed by atoms with Crippen LogP contribution < -0.4 is 0 Å². The van der Waals surface area contributed by atoms with E-state index in [9.17, 15) is 0 Å². The zero-order chi connectivity index (χ0) is 10.4. The summed E-state index contributed by atoms with van der Waals surface area (Å²) in [6, 6.07) is 0. The quantitative estimate of drug-likeness (QED) is 0.559. The summed E-state index contributed by atoms with van der Waals surface area (Å²) < 4.78 is 0. The van der Waals surface area contributed by atoms with E-state index < -0.39 is 0 Å². The summed E-state index contributed by atoms with van der Waals surface area (Å²) in [7, 11) is 0. The first kappa shape index (κ1) is 15.5. The topological polar surface area (TPSA) is 20.2 Å². The Morgan fingerprint density at radius 2 is 1.67 bits per heavy atom. The fourth-order valence-corrected chi connectivity index (χ4v) is 2.30. The molecule has 2 saturated carbocycles. The predicted octanol–water partition coefficient (Wildman–Crippen LogP) is 3.53. The molecule has 0 aromatic rings. The van der Waals surface area contributed by atoms with Gasteiger partial charge in [-0.05, 0) is 0 Å². The Hall–Kier alpha value is 0.479. The van der Waals surface area contributed by atoms with E-state index >= 15 is 0 Å². The van der Waals surface area contributed by atoms with Crippen LogP contribution in [-0.4, -0.2) is 11.7 Å². The van der Waals surface area contributed by atoms with E-state index in [0.29, 0.717) is 12.5 Å². The summed E-state index contributed by atoms with van der Waals surface area (Å²) in [6.45, 7) is 4.77. The number of aliphatic hydroxyl groups is 1. The Morgan fingerprint density at radius 1 is 1.07 bits per heavy atom. The van der Waals surface area contributed by atoms with Crippen LogP contribution in [0.3, 0.4) is 0 Å². The molecule has 0 radical (unpaired) electrons. The van der Waals surface area contributed by atoms with Gasteiger partial charge in [0, 0.05) is 6.61 Å². The standard InChI is InChI=1S/C7H13O.C6H11.Fe/c1-6-3-2-4-7(6)5-8;1-6-4-2-3-5-6;/h7-8H,2-5H2,1H3;2-5H2,1H3;/q2*-1;+2. The van der Waals surface area contributed by atoms with Gasteiger partial charge in [0.05, 0.1) is 0 Å². The van der Waals surface area contributed by atoms with E-state index in [4.69, 9.17) is 5.11 Å². The number of rotatable bonds is 1. The molecule has 2 heteroatoms. The zero-order valence-electron chi connectivity index (χ0n) is 10.0. The molecule has 0 heterocycles. The third-order valence-electron chi connectivity index (χ3n) is 3.50. The van der Waals surface area contributed by atoms with E-state index in [1.165, 1.54) is 50.9 Å². The molecule has 2 rings (SSSR count). The predicted molar refractivity (Wildman–Crippen MR) is 60.7 cm³/mol. The second kappa shape index (κ2) is 8.61. The van der Waals surface area contributed by atoms with Crippen molar-refractivity contribution in [3.8, 4) is 0 Å². The minimum Gasteiger partial charge on any atom is -0.399 e. The van der Waals surface area contributed by atoms with Crippen molar-refractivity contribution in [1.82, 2.24) is 0 Å². The molecular weight excluding hydrogens is 228 g/mol. The molecule has 0 bridgehead atoms. The van der Waals surface area contributed by atoms with Crippen molar-refractivity contribution in [3.05, 3.63) is 11.8 Å². The molecule has 1 nitrogen and oxygen atoms in total. The molecular formula is C13H24FeO. The largest absolute Gasteiger partial charge is 2.00 e. The third kappa shape index (κ3) is 5.94. The minimum absolute atomic E-state index is 0. The first-order valence-electron chi connectivity index (χ1n) is 5.98. The van der Waals surface area contributed by atoms with Gasteiger partial charge in [-0.2, -0.15) is 33.1 Å². The maximum atomic E-state index is 8.72. The van der Waals surface area contributed by atoms with Gasteiger partial charge in [-0.25, -0.2) is 0 Å². The number of hydrogen-bond donors (Lipinski definition) is 1. The van der Waals surface area contributed by atoms with Crippen LogP contribution in [0, 0.1) is 17.8 Å². The van der Waals surface area contributed by atoms with E-state index in [-0.39, 0.29) is 17.1 Å². The molecule has 15 heavy (non-hydrogen) atoms. The van der Waals surface area contributed by atoms with E-state index in [1.807, 2.05) is 0 Å². The molecule has 2 fully saturated rings. The van der Waals surface area contributed by atoms with Crippen molar-refractivity contribution >= 4 is 0 Å². The maximum Gasteiger partial charge on any atom is 2.00 e. The van der Waals surface area contributed by atoms with Crippen LogP contribution in [0.4, 0.5) is 0 Å². The van der Waals surface area contributed by atoms with Crippen LogP contribution in [-0.2, 0) is 17.1 Å². The first-order valence-corrected chi connectivity index (χ1v) is 5.98. The van der Waals surface area contributed by atoms with Crippen molar-refractivity contribution in [2.75, 3.05) is 6.61 Å². The summed E-state index contributed by atoms with van der Waals surface area (Å²) in [6.07, 6.45) is 9.45. The molecule has 0 spiro atoms. The van der Waals surface area contributed by atoms with E-state index in [2.05, 4.69) is 13.8 Å². The van der Waals surface area contributed by atoms with Crippen molar-refractivity contribution in [1.29, 1.82) is 0 Å². The van der Waals surface area contributed by atoms with Gasteiger partial charge >= 0.3 is 17.1 Å². The summed E-state index contributed by atoms with van der Waals surface area (Å²) in [5.41, 5.74) is 0. The van der Waals surface area contributed by atoms with Gasteiger partial charge in [-0.1, -0.05) is 25.7 Å². The third-order valence-corrected chi connectivity index (χ3v) is 3.50. The summed E-state index contributed by atoms with van der Waals surface area (Å²) in [5, 5.41) is 8.72. The molecule has 0 aromatic heterocycles. The smallest absolute Gasteiger partial charge is 0.399 e. The average molecular weight is 252 g/mol. The molecule has 1 unspecified atom stereocenters. The second-order valence-electron chi connectivity index (χ2n) is 4.78. The van der Waals surface area contributed by atoms with Gasteiger partial charge in [0.15, 0.2) is 0 Å². The number of aliphatic hydroxyl groups excluding tert-OH is 1. The van der Waals surface area contributed by atoms with Crippen LogP contribution in [0.2, 0.25) is 0 Å². The SMILES string of the molecule is C[C-]1CCCC1.C[C-]1CCCC1CO.[Fe+2]. The molecule has 90 valence electrons. The molecule has 0 aliphatic heterocycles. The van der Waals surface area contributed by atoms with Gasteiger partial charge in [-0.15, -0.1) is 5.92 Å². The Morgan fingerprint density at radius 3 is 1.87 bits per heavy atom. The van der Waals surface area contributed by atoms with Crippen molar-refractivity contribution in [2.24, 2.45) is 5.92 Å². The molecule has 1 atom stereocenters. The molecule has 2 aliphatic rings. The normalized spacial score (nSPS) is 27.0. The van der Waals surface area contributed by atoms with Gasteiger partial charge in [0.25, 0.3) is 0 Å². The molecule has 0 aromatic carbocycles.